The largest absolute Gasteiger partial charge is 0.344 e. The third-order valence-electron chi connectivity index (χ3n) is 5.20. The quantitative estimate of drug-likeness (QED) is 0.728. The Kier molecular flexibility index (Phi) is 4.11. The van der Waals surface area contributed by atoms with Gasteiger partial charge in [-0.2, -0.15) is 0 Å². The highest BCUT2D eigenvalue weighted by Crippen LogP contribution is 2.31. The summed E-state index contributed by atoms with van der Waals surface area (Å²) < 4.78 is 2.57. The van der Waals surface area contributed by atoms with Gasteiger partial charge < -0.3 is 9.47 Å². The normalized spacial score (nSPS) is 15.4. The second-order valence-electron chi connectivity index (χ2n) is 7.04. The average molecular weight is 319 g/mol. The topological polar surface area (TPSA) is 21.1 Å². The van der Waals surface area contributed by atoms with Gasteiger partial charge in [0.25, 0.3) is 0 Å². The van der Waals surface area contributed by atoms with E-state index in [1.165, 1.54) is 41.4 Å². The molecule has 1 aromatic carbocycles. The van der Waals surface area contributed by atoms with Gasteiger partial charge in [-0.15, -0.1) is 0 Å². The summed E-state index contributed by atoms with van der Waals surface area (Å²) in [6.07, 6.45) is 7.27. The van der Waals surface area contributed by atoms with Gasteiger partial charge in [0.05, 0.1) is 0 Å². The second kappa shape index (κ2) is 6.40. The van der Waals surface area contributed by atoms with Crippen LogP contribution in [0.5, 0.6) is 0 Å². The van der Waals surface area contributed by atoms with Gasteiger partial charge in [0.15, 0.2) is 0 Å². The molecule has 0 N–H and O–H groups in total. The maximum Gasteiger partial charge on any atom is 0.0486 e. The van der Waals surface area contributed by atoms with E-state index in [9.17, 15) is 0 Å². The Hall–Kier alpha value is -2.13. The van der Waals surface area contributed by atoms with Gasteiger partial charge in [0.2, 0.25) is 0 Å². The molecule has 1 aliphatic heterocycles. The van der Waals surface area contributed by atoms with E-state index in [2.05, 4.69) is 58.8 Å². The minimum absolute atomic E-state index is 1.04. The molecule has 0 atom stereocenters. The molecule has 1 aliphatic rings. The SMILES string of the molecule is Cc1ccc2c(c1)c1c(n2CCc2ccncc2)CCCN(C)C1. The van der Waals surface area contributed by atoms with Crippen LogP contribution in [0.2, 0.25) is 0 Å². The molecule has 3 nitrogen and oxygen atoms in total. The van der Waals surface area contributed by atoms with Crippen LogP contribution in [0, 0.1) is 6.92 Å². The molecule has 0 radical (unpaired) electrons. The number of nitrogens with zero attached hydrogens (tertiary/aromatic N) is 3. The number of benzene rings is 1. The summed E-state index contributed by atoms with van der Waals surface area (Å²) in [6, 6.07) is 11.2. The Morgan fingerprint density at radius 2 is 1.96 bits per heavy atom. The summed E-state index contributed by atoms with van der Waals surface area (Å²) in [5.41, 5.74) is 7.20. The Labute approximate surface area is 143 Å². The van der Waals surface area contributed by atoms with Crippen molar-refractivity contribution in [3.8, 4) is 0 Å². The third kappa shape index (κ3) is 2.84. The Balaban J connectivity index is 1.77. The van der Waals surface area contributed by atoms with Gasteiger partial charge in [-0.1, -0.05) is 11.6 Å². The van der Waals surface area contributed by atoms with Crippen LogP contribution in [-0.2, 0) is 25.9 Å². The van der Waals surface area contributed by atoms with E-state index in [-0.39, 0.29) is 0 Å². The predicted molar refractivity (Wildman–Crippen MR) is 99.3 cm³/mol. The average Bonchev–Trinajstić information content (AvgIpc) is 2.73. The molecule has 124 valence electrons. The summed E-state index contributed by atoms with van der Waals surface area (Å²) in [4.78, 5) is 6.59. The Bertz CT molecular complexity index is 848. The summed E-state index contributed by atoms with van der Waals surface area (Å²) in [5.74, 6) is 0. The molecule has 2 aromatic heterocycles. The minimum atomic E-state index is 1.04. The number of aryl methyl sites for hydroxylation is 3. The predicted octanol–water partition coefficient (Wildman–Crippen LogP) is 3.97. The van der Waals surface area contributed by atoms with Crippen LogP contribution in [0.25, 0.3) is 10.9 Å². The van der Waals surface area contributed by atoms with Gasteiger partial charge in [-0.3, -0.25) is 4.98 Å². The molecular weight excluding hydrogens is 294 g/mol. The van der Waals surface area contributed by atoms with Gasteiger partial charge in [0, 0.05) is 42.1 Å². The highest BCUT2D eigenvalue weighted by Gasteiger charge is 2.20. The molecule has 0 saturated heterocycles. The van der Waals surface area contributed by atoms with Gasteiger partial charge in [-0.25, -0.2) is 0 Å². The molecule has 0 saturated carbocycles. The van der Waals surface area contributed by atoms with Gasteiger partial charge in [0.1, 0.15) is 0 Å². The molecule has 3 heterocycles. The highest BCUT2D eigenvalue weighted by molar-refractivity contribution is 5.86. The minimum Gasteiger partial charge on any atom is -0.344 e. The summed E-state index contributed by atoms with van der Waals surface area (Å²) in [7, 11) is 2.24. The highest BCUT2D eigenvalue weighted by atomic mass is 15.1. The number of aromatic nitrogens is 2. The maximum absolute atomic E-state index is 4.13. The fraction of sp³-hybridized carbons (Fsp3) is 0.381. The van der Waals surface area contributed by atoms with Crippen molar-refractivity contribution in [1.82, 2.24) is 14.5 Å². The molecular formula is C21H25N3. The first kappa shape index (κ1) is 15.4. The lowest BCUT2D eigenvalue weighted by atomic mass is 10.1. The molecule has 3 heteroatoms. The van der Waals surface area contributed by atoms with E-state index in [0.29, 0.717) is 0 Å². The molecule has 0 fully saturated rings. The van der Waals surface area contributed by atoms with Crippen LogP contribution in [0.3, 0.4) is 0 Å². The number of fused-ring (bicyclic) bond motifs is 3. The lowest BCUT2D eigenvalue weighted by Crippen LogP contribution is -2.17. The lowest BCUT2D eigenvalue weighted by molar-refractivity contribution is 0.333. The molecule has 0 spiro atoms. The zero-order chi connectivity index (χ0) is 16.5. The van der Waals surface area contributed by atoms with Crippen LogP contribution in [0.15, 0.2) is 42.7 Å². The fourth-order valence-corrected chi connectivity index (χ4v) is 3.96. The second-order valence-corrected chi connectivity index (χ2v) is 7.04. The first-order valence-corrected chi connectivity index (χ1v) is 8.90. The summed E-state index contributed by atoms with van der Waals surface area (Å²) in [6.45, 7) is 5.49. The van der Waals surface area contributed by atoms with Crippen molar-refractivity contribution in [3.63, 3.8) is 0 Å². The van der Waals surface area contributed by atoms with Crippen molar-refractivity contribution in [2.75, 3.05) is 13.6 Å². The van der Waals surface area contributed by atoms with E-state index in [1.807, 2.05) is 12.4 Å². The van der Waals surface area contributed by atoms with Crippen LogP contribution >= 0.6 is 0 Å². The smallest absolute Gasteiger partial charge is 0.0486 e. The van der Waals surface area contributed by atoms with Crippen LogP contribution < -0.4 is 0 Å². The third-order valence-corrected chi connectivity index (χ3v) is 5.20. The number of hydrogen-bond acceptors (Lipinski definition) is 2. The van der Waals surface area contributed by atoms with Crippen LogP contribution in [0.4, 0.5) is 0 Å². The van der Waals surface area contributed by atoms with Crippen molar-refractivity contribution in [2.45, 2.75) is 39.3 Å². The summed E-state index contributed by atoms with van der Waals surface area (Å²) in [5, 5.41) is 1.45. The van der Waals surface area contributed by atoms with E-state index in [4.69, 9.17) is 0 Å². The molecule has 0 unspecified atom stereocenters. The first-order valence-electron chi connectivity index (χ1n) is 8.90. The zero-order valence-electron chi connectivity index (χ0n) is 14.6. The maximum atomic E-state index is 4.13. The number of pyridine rings is 1. The van der Waals surface area contributed by atoms with Crippen LogP contribution in [-0.4, -0.2) is 28.0 Å². The number of hydrogen-bond donors (Lipinski definition) is 0. The lowest BCUT2D eigenvalue weighted by Gasteiger charge is -2.12. The van der Waals surface area contributed by atoms with Crippen LogP contribution in [0.1, 0.15) is 28.8 Å². The Morgan fingerprint density at radius 3 is 2.79 bits per heavy atom. The van der Waals surface area contributed by atoms with E-state index < -0.39 is 0 Å². The van der Waals surface area contributed by atoms with E-state index in [1.54, 1.807) is 11.3 Å². The molecule has 0 amide bonds. The summed E-state index contributed by atoms with van der Waals surface area (Å²) >= 11 is 0. The monoisotopic (exact) mass is 319 g/mol. The Morgan fingerprint density at radius 1 is 1.12 bits per heavy atom. The van der Waals surface area contributed by atoms with Gasteiger partial charge >= 0.3 is 0 Å². The van der Waals surface area contributed by atoms with Crippen molar-refractivity contribution in [2.24, 2.45) is 0 Å². The molecule has 0 aliphatic carbocycles. The molecule has 24 heavy (non-hydrogen) atoms. The molecule has 0 bridgehead atoms. The zero-order valence-corrected chi connectivity index (χ0v) is 14.6. The van der Waals surface area contributed by atoms with Gasteiger partial charge in [-0.05, 0) is 75.2 Å². The molecule has 4 rings (SSSR count). The fourth-order valence-electron chi connectivity index (χ4n) is 3.96. The van der Waals surface area contributed by atoms with E-state index in [0.717, 1.165) is 19.5 Å². The van der Waals surface area contributed by atoms with Crippen molar-refractivity contribution >= 4 is 10.9 Å². The van der Waals surface area contributed by atoms with Crippen molar-refractivity contribution < 1.29 is 0 Å². The molecule has 3 aromatic rings. The first-order chi connectivity index (χ1) is 11.7. The van der Waals surface area contributed by atoms with Crippen molar-refractivity contribution in [3.05, 3.63) is 65.1 Å². The standard InChI is InChI=1S/C21H25N3/c1-16-5-6-21-18(14-16)19-15-23(2)12-3-4-20(19)24(21)13-9-17-7-10-22-11-8-17/h5-8,10-11,14H,3-4,9,12-13,15H2,1-2H3. The number of rotatable bonds is 3. The van der Waals surface area contributed by atoms with E-state index >= 15 is 0 Å². The van der Waals surface area contributed by atoms with Crippen molar-refractivity contribution in [1.29, 1.82) is 0 Å².